The minimum Gasteiger partial charge on any atom is -0.344 e. The molecule has 0 N–H and O–H groups in total. The number of hydrogen-bond donors (Lipinski definition) is 0. The average molecular weight is 303 g/mol. The normalized spacial score (nSPS) is 11.1. The molecule has 118 valence electrons. The summed E-state index contributed by atoms with van der Waals surface area (Å²) in [5.41, 5.74) is 1.54. The molecule has 0 fully saturated rings. The second-order valence-corrected chi connectivity index (χ2v) is 5.65. The lowest BCUT2D eigenvalue weighted by molar-refractivity contribution is -0.384. The second kappa shape index (κ2) is 6.65. The molecule has 22 heavy (non-hydrogen) atoms. The number of nitro benzene ring substituents is 1. The number of benzene rings is 1. The van der Waals surface area contributed by atoms with Gasteiger partial charge in [-0.2, -0.15) is 0 Å². The Morgan fingerprint density at radius 2 is 1.91 bits per heavy atom. The first kappa shape index (κ1) is 16.1. The number of fused-ring (bicyclic) bond motifs is 1. The maximum absolute atomic E-state index is 10.9. The van der Waals surface area contributed by atoms with Crippen molar-refractivity contribution in [1.82, 2.24) is 14.9 Å². The molecular formula is C15H21N5O2. The lowest BCUT2D eigenvalue weighted by Crippen LogP contribution is -2.25. The Labute approximate surface area is 129 Å². The monoisotopic (exact) mass is 303 g/mol. The summed E-state index contributed by atoms with van der Waals surface area (Å²) in [6.07, 6.45) is 1.02. The van der Waals surface area contributed by atoms with Gasteiger partial charge in [0, 0.05) is 31.1 Å². The molecule has 0 unspecified atom stereocenters. The van der Waals surface area contributed by atoms with Crippen LogP contribution in [0.1, 0.15) is 12.1 Å². The van der Waals surface area contributed by atoms with Crippen LogP contribution in [0.25, 0.3) is 10.9 Å². The van der Waals surface area contributed by atoms with Crippen LogP contribution < -0.4 is 4.90 Å². The van der Waals surface area contributed by atoms with E-state index in [-0.39, 0.29) is 5.69 Å². The van der Waals surface area contributed by atoms with Crippen LogP contribution in [0, 0.1) is 17.0 Å². The molecule has 0 atom stereocenters. The fourth-order valence-corrected chi connectivity index (χ4v) is 2.26. The molecule has 0 aliphatic rings. The number of nitrogens with zero attached hydrogens (tertiary/aromatic N) is 5. The van der Waals surface area contributed by atoms with Gasteiger partial charge in [0.05, 0.1) is 16.1 Å². The Morgan fingerprint density at radius 1 is 1.18 bits per heavy atom. The third kappa shape index (κ3) is 3.67. The molecule has 1 aromatic heterocycles. The summed E-state index contributed by atoms with van der Waals surface area (Å²) in [6.45, 7) is 3.71. The fourth-order valence-electron chi connectivity index (χ4n) is 2.26. The number of anilines is 1. The number of non-ortho nitro benzene ring substituents is 1. The third-order valence-corrected chi connectivity index (χ3v) is 3.51. The van der Waals surface area contributed by atoms with E-state index in [0.29, 0.717) is 5.95 Å². The van der Waals surface area contributed by atoms with E-state index in [4.69, 9.17) is 0 Å². The fraction of sp³-hybridized carbons (Fsp3) is 0.467. The molecule has 0 aliphatic heterocycles. The van der Waals surface area contributed by atoms with Crippen molar-refractivity contribution in [3.63, 3.8) is 0 Å². The Kier molecular flexibility index (Phi) is 4.87. The van der Waals surface area contributed by atoms with Gasteiger partial charge in [-0.3, -0.25) is 10.1 Å². The van der Waals surface area contributed by atoms with E-state index in [1.807, 2.05) is 33.0 Å². The van der Waals surface area contributed by atoms with Crippen molar-refractivity contribution >= 4 is 22.5 Å². The summed E-state index contributed by atoms with van der Waals surface area (Å²) >= 11 is 0. The highest BCUT2D eigenvalue weighted by Crippen LogP contribution is 2.23. The highest BCUT2D eigenvalue weighted by atomic mass is 16.6. The van der Waals surface area contributed by atoms with E-state index < -0.39 is 4.92 Å². The Bertz CT molecular complexity index is 687. The lowest BCUT2D eigenvalue weighted by atomic mass is 10.2. The molecular weight excluding hydrogens is 282 g/mol. The van der Waals surface area contributed by atoms with Crippen LogP contribution in [0.5, 0.6) is 0 Å². The molecule has 1 heterocycles. The summed E-state index contributed by atoms with van der Waals surface area (Å²) in [5, 5.41) is 11.6. The second-order valence-electron chi connectivity index (χ2n) is 5.65. The van der Waals surface area contributed by atoms with Gasteiger partial charge in [-0.15, -0.1) is 0 Å². The van der Waals surface area contributed by atoms with Crippen LogP contribution in [-0.4, -0.2) is 54.0 Å². The maximum atomic E-state index is 10.9. The molecule has 0 spiro atoms. The minimum atomic E-state index is -0.403. The van der Waals surface area contributed by atoms with Gasteiger partial charge in [-0.1, -0.05) is 0 Å². The molecule has 7 nitrogen and oxygen atoms in total. The Balaban J connectivity index is 2.26. The van der Waals surface area contributed by atoms with Crippen molar-refractivity contribution in [3.05, 3.63) is 34.0 Å². The molecule has 0 radical (unpaired) electrons. The molecule has 0 saturated heterocycles. The lowest BCUT2D eigenvalue weighted by Gasteiger charge is -2.19. The van der Waals surface area contributed by atoms with Crippen molar-refractivity contribution in [2.45, 2.75) is 13.3 Å². The molecule has 0 amide bonds. The summed E-state index contributed by atoms with van der Waals surface area (Å²) in [5.74, 6) is 0.651. The average Bonchev–Trinajstić information content (AvgIpc) is 2.46. The number of aryl methyl sites for hydroxylation is 1. The van der Waals surface area contributed by atoms with E-state index in [1.54, 1.807) is 6.07 Å². The van der Waals surface area contributed by atoms with Gasteiger partial charge in [-0.05, 0) is 40.1 Å². The standard InChI is InChI=1S/C15H21N5O2/c1-11-13-10-12(20(21)22)6-7-14(13)17-15(16-11)19(4)9-5-8-18(2)3/h6-7,10H,5,8-9H2,1-4H3. The Hall–Kier alpha value is -2.28. The molecule has 2 aromatic rings. The first-order chi connectivity index (χ1) is 10.4. The predicted molar refractivity (Wildman–Crippen MR) is 87.4 cm³/mol. The first-order valence-electron chi connectivity index (χ1n) is 7.17. The van der Waals surface area contributed by atoms with Gasteiger partial charge in [0.25, 0.3) is 5.69 Å². The van der Waals surface area contributed by atoms with E-state index in [9.17, 15) is 10.1 Å². The number of rotatable bonds is 6. The largest absolute Gasteiger partial charge is 0.344 e. The van der Waals surface area contributed by atoms with E-state index in [1.165, 1.54) is 12.1 Å². The van der Waals surface area contributed by atoms with Crippen LogP contribution in [0.2, 0.25) is 0 Å². The summed E-state index contributed by atoms with van der Waals surface area (Å²) < 4.78 is 0. The van der Waals surface area contributed by atoms with E-state index in [2.05, 4.69) is 14.9 Å². The van der Waals surface area contributed by atoms with Gasteiger partial charge in [-0.25, -0.2) is 9.97 Å². The van der Waals surface area contributed by atoms with Crippen LogP contribution in [0.4, 0.5) is 11.6 Å². The zero-order valence-corrected chi connectivity index (χ0v) is 13.4. The molecule has 1 aromatic carbocycles. The van der Waals surface area contributed by atoms with Crippen LogP contribution in [-0.2, 0) is 0 Å². The van der Waals surface area contributed by atoms with Gasteiger partial charge in [0.2, 0.25) is 5.95 Å². The van der Waals surface area contributed by atoms with Crippen molar-refractivity contribution in [3.8, 4) is 0 Å². The highest BCUT2D eigenvalue weighted by Gasteiger charge is 2.12. The van der Waals surface area contributed by atoms with Crippen LogP contribution in [0.15, 0.2) is 18.2 Å². The molecule has 0 saturated carbocycles. The van der Waals surface area contributed by atoms with E-state index in [0.717, 1.165) is 36.1 Å². The highest BCUT2D eigenvalue weighted by molar-refractivity contribution is 5.84. The van der Waals surface area contributed by atoms with Gasteiger partial charge >= 0.3 is 0 Å². The molecule has 7 heteroatoms. The predicted octanol–water partition coefficient (Wildman–Crippen LogP) is 2.23. The molecule has 0 bridgehead atoms. The van der Waals surface area contributed by atoms with Crippen LogP contribution in [0.3, 0.4) is 0 Å². The third-order valence-electron chi connectivity index (χ3n) is 3.51. The minimum absolute atomic E-state index is 0.0614. The topological polar surface area (TPSA) is 75.4 Å². The summed E-state index contributed by atoms with van der Waals surface area (Å²) in [6, 6.07) is 4.68. The first-order valence-corrected chi connectivity index (χ1v) is 7.17. The van der Waals surface area contributed by atoms with E-state index >= 15 is 0 Å². The smallest absolute Gasteiger partial charge is 0.270 e. The van der Waals surface area contributed by atoms with Crippen molar-refractivity contribution in [2.24, 2.45) is 0 Å². The number of aromatic nitrogens is 2. The van der Waals surface area contributed by atoms with Crippen molar-refractivity contribution in [1.29, 1.82) is 0 Å². The Morgan fingerprint density at radius 3 is 2.55 bits per heavy atom. The zero-order valence-electron chi connectivity index (χ0n) is 13.4. The molecule has 2 rings (SSSR count). The van der Waals surface area contributed by atoms with Crippen molar-refractivity contribution in [2.75, 3.05) is 39.1 Å². The van der Waals surface area contributed by atoms with Gasteiger partial charge < -0.3 is 9.80 Å². The zero-order chi connectivity index (χ0) is 16.3. The van der Waals surface area contributed by atoms with Crippen LogP contribution >= 0.6 is 0 Å². The molecule has 0 aliphatic carbocycles. The number of hydrogen-bond acceptors (Lipinski definition) is 6. The van der Waals surface area contributed by atoms with Crippen molar-refractivity contribution < 1.29 is 4.92 Å². The summed E-state index contributed by atoms with van der Waals surface area (Å²) in [4.78, 5) is 23.6. The quantitative estimate of drug-likeness (QED) is 0.602. The van der Waals surface area contributed by atoms with Gasteiger partial charge in [0.1, 0.15) is 0 Å². The van der Waals surface area contributed by atoms with Gasteiger partial charge in [0.15, 0.2) is 0 Å². The SMILES string of the molecule is Cc1nc(N(C)CCCN(C)C)nc2ccc([N+](=O)[O-])cc12. The summed E-state index contributed by atoms with van der Waals surface area (Å²) in [7, 11) is 6.05. The maximum Gasteiger partial charge on any atom is 0.270 e. The number of nitro groups is 1.